The van der Waals surface area contributed by atoms with Gasteiger partial charge in [0.15, 0.2) is 11.6 Å². The molecule has 0 amide bonds. The molecule has 0 aliphatic heterocycles. The second kappa shape index (κ2) is 7.41. The minimum absolute atomic E-state index is 0.0281. The van der Waals surface area contributed by atoms with Gasteiger partial charge in [-0.3, -0.25) is 9.59 Å². The minimum Gasteiger partial charge on any atom is -0.506 e. The third-order valence-electron chi connectivity index (χ3n) is 6.02. The molecule has 2 aromatic heterocycles. The second-order valence-corrected chi connectivity index (χ2v) is 7.88. The van der Waals surface area contributed by atoms with Gasteiger partial charge in [-0.25, -0.2) is 9.59 Å². The lowest BCUT2D eigenvalue weighted by Crippen LogP contribution is -2.26. The molecule has 0 atom stereocenters. The summed E-state index contributed by atoms with van der Waals surface area (Å²) in [5, 5.41) is 22.2. The first-order valence-electron chi connectivity index (χ1n) is 10.2. The molecule has 168 valence electrons. The fourth-order valence-electron chi connectivity index (χ4n) is 4.13. The van der Waals surface area contributed by atoms with Gasteiger partial charge in [-0.1, -0.05) is 24.3 Å². The van der Waals surface area contributed by atoms with Crippen molar-refractivity contribution in [1.29, 1.82) is 0 Å². The number of fused-ring (bicyclic) bond motifs is 2. The summed E-state index contributed by atoms with van der Waals surface area (Å²) >= 11 is 0. The topological polar surface area (TPSA) is 135 Å². The molecule has 34 heavy (non-hydrogen) atoms. The third kappa shape index (κ3) is 2.85. The van der Waals surface area contributed by atoms with Crippen molar-refractivity contribution in [2.45, 2.75) is 13.8 Å². The van der Waals surface area contributed by atoms with Crippen LogP contribution < -0.4 is 11.3 Å². The predicted octanol–water partition coefficient (Wildman–Crippen LogP) is 3.71. The summed E-state index contributed by atoms with van der Waals surface area (Å²) in [7, 11) is 0. The van der Waals surface area contributed by atoms with Crippen molar-refractivity contribution in [3.8, 4) is 11.5 Å². The quantitative estimate of drug-likeness (QED) is 0.344. The van der Waals surface area contributed by atoms with Crippen LogP contribution in [0.1, 0.15) is 25.0 Å². The van der Waals surface area contributed by atoms with Gasteiger partial charge in [-0.2, -0.15) is 0 Å². The largest absolute Gasteiger partial charge is 0.506 e. The lowest BCUT2D eigenvalue weighted by molar-refractivity contribution is -0.114. The third-order valence-corrected chi connectivity index (χ3v) is 6.02. The van der Waals surface area contributed by atoms with Crippen molar-refractivity contribution < 1.29 is 28.6 Å². The zero-order valence-electron chi connectivity index (χ0n) is 18.0. The monoisotopic (exact) mass is 456 g/mol. The van der Waals surface area contributed by atoms with Crippen LogP contribution in [0.4, 0.5) is 0 Å². The highest BCUT2D eigenvalue weighted by molar-refractivity contribution is 6.51. The van der Waals surface area contributed by atoms with Crippen molar-refractivity contribution in [3.63, 3.8) is 0 Å². The van der Waals surface area contributed by atoms with E-state index in [0.29, 0.717) is 0 Å². The summed E-state index contributed by atoms with van der Waals surface area (Å²) in [6.07, 6.45) is 0. The molecule has 0 saturated carbocycles. The lowest BCUT2D eigenvalue weighted by atomic mass is 9.79. The smallest absolute Gasteiger partial charge is 0.348 e. The van der Waals surface area contributed by atoms with Crippen molar-refractivity contribution in [2.24, 2.45) is 0 Å². The van der Waals surface area contributed by atoms with Gasteiger partial charge >= 0.3 is 11.3 Å². The summed E-state index contributed by atoms with van der Waals surface area (Å²) in [5.74, 6) is -2.70. The minimum atomic E-state index is -1.08. The highest BCUT2D eigenvalue weighted by Crippen LogP contribution is 2.42. The number of benzene rings is 2. The zero-order valence-corrected chi connectivity index (χ0v) is 18.0. The molecule has 0 fully saturated rings. The van der Waals surface area contributed by atoms with Gasteiger partial charge in [0.05, 0.1) is 21.9 Å². The molecule has 0 bridgehead atoms. The molecule has 2 N–H and O–H groups in total. The molecule has 8 heteroatoms. The van der Waals surface area contributed by atoms with E-state index in [1.54, 1.807) is 24.3 Å². The van der Waals surface area contributed by atoms with Crippen LogP contribution in [-0.4, -0.2) is 21.8 Å². The van der Waals surface area contributed by atoms with Gasteiger partial charge in [-0.15, -0.1) is 0 Å². The molecular weight excluding hydrogens is 440 g/mol. The van der Waals surface area contributed by atoms with E-state index in [0.717, 1.165) is 0 Å². The molecule has 2 heterocycles. The van der Waals surface area contributed by atoms with Crippen LogP contribution in [0.2, 0.25) is 0 Å². The first-order chi connectivity index (χ1) is 16.2. The molecule has 1 aliphatic carbocycles. The van der Waals surface area contributed by atoms with Gasteiger partial charge in [0.2, 0.25) is 0 Å². The van der Waals surface area contributed by atoms with Crippen molar-refractivity contribution in [1.82, 2.24) is 0 Å². The molecule has 0 spiro atoms. The van der Waals surface area contributed by atoms with Gasteiger partial charge in [0, 0.05) is 11.1 Å². The Kier molecular flexibility index (Phi) is 4.61. The van der Waals surface area contributed by atoms with E-state index < -0.39 is 56.6 Å². The Balaban J connectivity index is 1.98. The highest BCUT2D eigenvalue weighted by atomic mass is 16.4. The van der Waals surface area contributed by atoms with E-state index in [4.69, 9.17) is 8.83 Å². The maximum Gasteiger partial charge on any atom is 0.348 e. The second-order valence-electron chi connectivity index (χ2n) is 7.88. The van der Waals surface area contributed by atoms with Crippen LogP contribution in [0.15, 0.2) is 78.1 Å². The van der Waals surface area contributed by atoms with E-state index in [-0.39, 0.29) is 33.1 Å². The molecule has 1 aliphatic rings. The van der Waals surface area contributed by atoms with Gasteiger partial charge in [0.25, 0.3) is 0 Å². The predicted molar refractivity (Wildman–Crippen MR) is 123 cm³/mol. The number of hydrogen-bond donors (Lipinski definition) is 2. The summed E-state index contributed by atoms with van der Waals surface area (Å²) in [5.41, 5.74) is -4.20. The maximum absolute atomic E-state index is 13.4. The fraction of sp³-hybridized carbons (Fsp3) is 0.0769. The molecule has 5 rings (SSSR count). The molecule has 2 aromatic carbocycles. The Morgan fingerprint density at radius 2 is 0.941 bits per heavy atom. The molecule has 0 radical (unpaired) electrons. The van der Waals surface area contributed by atoms with Crippen LogP contribution >= 0.6 is 0 Å². The number of aromatic hydroxyl groups is 2. The lowest BCUT2D eigenvalue weighted by Gasteiger charge is -2.21. The number of hydrogen-bond acceptors (Lipinski definition) is 8. The first-order valence-corrected chi connectivity index (χ1v) is 10.2. The summed E-state index contributed by atoms with van der Waals surface area (Å²) in [6, 6.07) is 12.2. The van der Waals surface area contributed by atoms with Gasteiger partial charge in [0.1, 0.15) is 33.8 Å². The molecule has 8 nitrogen and oxygen atoms in total. The van der Waals surface area contributed by atoms with Crippen LogP contribution in [-0.2, 0) is 9.59 Å². The molecule has 4 aromatic rings. The van der Waals surface area contributed by atoms with Crippen LogP contribution in [0, 0.1) is 0 Å². The van der Waals surface area contributed by atoms with E-state index in [1.165, 1.54) is 38.1 Å². The van der Waals surface area contributed by atoms with E-state index in [2.05, 4.69) is 0 Å². The van der Waals surface area contributed by atoms with Crippen molar-refractivity contribution >= 4 is 44.7 Å². The average Bonchev–Trinajstić information content (AvgIpc) is 2.82. The van der Waals surface area contributed by atoms with E-state index in [1.807, 2.05) is 0 Å². The Hall–Kier alpha value is -4.72. The maximum atomic E-state index is 13.4. The summed E-state index contributed by atoms with van der Waals surface area (Å²) in [6.45, 7) is 2.80. The average molecular weight is 456 g/mol. The van der Waals surface area contributed by atoms with Crippen LogP contribution in [0.5, 0.6) is 11.5 Å². The normalized spacial score (nSPS) is 14.5. The summed E-state index contributed by atoms with van der Waals surface area (Å²) in [4.78, 5) is 52.7. The zero-order chi connectivity index (χ0) is 24.3. The van der Waals surface area contributed by atoms with Gasteiger partial charge in [-0.05, 0) is 38.1 Å². The van der Waals surface area contributed by atoms with E-state index in [9.17, 15) is 29.4 Å². The number of carbonyl (C=O) groups excluding carboxylic acids is 2. The van der Waals surface area contributed by atoms with Crippen LogP contribution in [0.3, 0.4) is 0 Å². The van der Waals surface area contributed by atoms with E-state index >= 15 is 0 Å². The number of ketones is 2. The Labute approximate surface area is 190 Å². The fourth-order valence-corrected chi connectivity index (χ4v) is 4.13. The standard InChI is InChI=1S/C26H16O8/c1-11-12(2)22(28)18(20-24(30)14-8-4-6-10-16(14)34-26(20)32)17(21(11)27)19-23(29)13-7-3-5-9-15(13)33-25(19)31/h3-10,29-30H,1-2H3. The SMILES string of the molecule is CC1=C(C)C(=O)C(c2c(O)c3ccccc3oc2=O)=C(c2c(O)c3ccccc3oc2=O)C1=O. The Bertz CT molecular complexity index is 1630. The number of Topliss-reactive ketones (excluding diaryl/α,β-unsaturated/α-hetero) is 2. The van der Waals surface area contributed by atoms with Gasteiger partial charge < -0.3 is 19.0 Å². The molecule has 0 unspecified atom stereocenters. The molecular formula is C26H16O8. The van der Waals surface area contributed by atoms with Crippen LogP contribution in [0.25, 0.3) is 33.1 Å². The number of allylic oxidation sites excluding steroid dienone is 4. The number of carbonyl (C=O) groups is 2. The number of rotatable bonds is 2. The highest BCUT2D eigenvalue weighted by Gasteiger charge is 2.38. The number of para-hydroxylation sites is 2. The first kappa shape index (κ1) is 21.1. The van der Waals surface area contributed by atoms with Crippen molar-refractivity contribution in [2.75, 3.05) is 0 Å². The molecule has 0 saturated heterocycles. The summed E-state index contributed by atoms with van der Waals surface area (Å²) < 4.78 is 10.6. The Morgan fingerprint density at radius 1 is 0.588 bits per heavy atom. The van der Waals surface area contributed by atoms with Crippen molar-refractivity contribution in [3.05, 3.63) is 91.6 Å². The Morgan fingerprint density at radius 3 is 1.32 bits per heavy atom.